The summed E-state index contributed by atoms with van der Waals surface area (Å²) in [4.78, 5) is 25.8. The number of aromatic hydroxyl groups is 1. The van der Waals surface area contributed by atoms with Crippen LogP contribution in [0, 0.1) is 0 Å². The van der Waals surface area contributed by atoms with E-state index in [1.54, 1.807) is 6.20 Å². The van der Waals surface area contributed by atoms with Gasteiger partial charge in [0.1, 0.15) is 11.6 Å². The average Bonchev–Trinajstić information content (AvgIpc) is 3.19. The van der Waals surface area contributed by atoms with Crippen LogP contribution >= 0.6 is 11.3 Å². The van der Waals surface area contributed by atoms with Crippen LogP contribution < -0.4 is 9.61 Å². The fraction of sp³-hybridized carbons (Fsp3) is 0.167. The Morgan fingerprint density at radius 1 is 1.23 bits per heavy atom. The van der Waals surface area contributed by atoms with Crippen LogP contribution in [-0.4, -0.2) is 25.0 Å². The third-order valence-corrected chi connectivity index (χ3v) is 4.83. The number of nitrogens with one attached hydrogen (secondary N) is 2. The second-order valence-corrected chi connectivity index (χ2v) is 6.93. The molecule has 0 fully saturated rings. The van der Waals surface area contributed by atoms with Crippen LogP contribution in [0.1, 0.15) is 29.3 Å². The van der Waals surface area contributed by atoms with Crippen LogP contribution in [0.15, 0.2) is 47.4 Å². The van der Waals surface area contributed by atoms with Crippen LogP contribution in [-0.2, 0) is 6.42 Å². The van der Waals surface area contributed by atoms with E-state index in [1.165, 1.54) is 0 Å². The van der Waals surface area contributed by atoms with Gasteiger partial charge in [-0.2, -0.15) is 0 Å². The normalized spacial score (nSPS) is 12.3. The molecule has 4 aromatic rings. The maximum absolute atomic E-state index is 11.2. The van der Waals surface area contributed by atoms with E-state index >= 15 is 0 Å². The summed E-state index contributed by atoms with van der Waals surface area (Å²) < 4.78 is 5.94. The molecule has 0 radical (unpaired) electrons. The number of aromatic nitrogens is 4. The molecule has 0 spiro atoms. The molecule has 1 unspecified atom stereocenters. The molecule has 7 nitrogen and oxygen atoms in total. The molecule has 4 rings (SSSR count). The van der Waals surface area contributed by atoms with Gasteiger partial charge >= 0.3 is 4.87 Å². The Morgan fingerprint density at radius 2 is 2.04 bits per heavy atom. The van der Waals surface area contributed by atoms with Crippen molar-refractivity contribution >= 4 is 22.5 Å². The SMILES string of the molecule is CC(Oc1ccc(Cc2sc(=O)[nH]c2O)cc1)c1nc2ncccc2[nH]1. The van der Waals surface area contributed by atoms with Crippen molar-refractivity contribution in [2.24, 2.45) is 0 Å². The number of thiazole rings is 1. The molecule has 8 heteroatoms. The minimum absolute atomic E-state index is 0.0626. The molecule has 0 bridgehead atoms. The van der Waals surface area contributed by atoms with Gasteiger partial charge in [0.05, 0.1) is 10.4 Å². The maximum atomic E-state index is 11.2. The zero-order valence-electron chi connectivity index (χ0n) is 13.9. The van der Waals surface area contributed by atoms with Gasteiger partial charge in [0.25, 0.3) is 0 Å². The zero-order chi connectivity index (χ0) is 18.1. The molecule has 26 heavy (non-hydrogen) atoms. The van der Waals surface area contributed by atoms with E-state index in [0.29, 0.717) is 28.5 Å². The first kappa shape index (κ1) is 16.3. The Morgan fingerprint density at radius 3 is 2.73 bits per heavy atom. The lowest BCUT2D eigenvalue weighted by Crippen LogP contribution is -2.05. The number of H-pyrrole nitrogens is 2. The van der Waals surface area contributed by atoms with E-state index in [4.69, 9.17) is 4.74 Å². The lowest BCUT2D eigenvalue weighted by molar-refractivity contribution is 0.218. The molecule has 0 amide bonds. The largest absolute Gasteiger partial charge is 0.494 e. The number of benzene rings is 1. The monoisotopic (exact) mass is 368 g/mol. The van der Waals surface area contributed by atoms with Crippen molar-refractivity contribution in [1.82, 2.24) is 19.9 Å². The summed E-state index contributed by atoms with van der Waals surface area (Å²) in [5, 5.41) is 9.67. The number of rotatable bonds is 5. The first-order valence-electron chi connectivity index (χ1n) is 8.05. The first-order chi connectivity index (χ1) is 12.6. The number of aromatic amines is 2. The van der Waals surface area contributed by atoms with Crippen molar-refractivity contribution in [3.63, 3.8) is 0 Å². The molecular formula is C18H16N4O3S. The number of ether oxygens (including phenoxy) is 1. The van der Waals surface area contributed by atoms with Crippen molar-refractivity contribution in [2.45, 2.75) is 19.4 Å². The highest BCUT2D eigenvalue weighted by atomic mass is 32.1. The number of pyridine rings is 1. The highest BCUT2D eigenvalue weighted by Gasteiger charge is 2.13. The predicted octanol–water partition coefficient (Wildman–Crippen LogP) is 3.14. The molecule has 0 saturated carbocycles. The van der Waals surface area contributed by atoms with Crippen LogP contribution in [0.2, 0.25) is 0 Å². The highest BCUT2D eigenvalue weighted by Crippen LogP contribution is 2.24. The van der Waals surface area contributed by atoms with Crippen molar-refractivity contribution in [3.8, 4) is 11.6 Å². The van der Waals surface area contributed by atoms with Gasteiger partial charge in [-0.3, -0.25) is 9.78 Å². The Bertz CT molecular complexity index is 1060. The number of hydrogen-bond donors (Lipinski definition) is 3. The van der Waals surface area contributed by atoms with E-state index < -0.39 is 0 Å². The third-order valence-electron chi connectivity index (χ3n) is 3.96. The zero-order valence-corrected chi connectivity index (χ0v) is 14.7. The summed E-state index contributed by atoms with van der Waals surface area (Å²) in [7, 11) is 0. The molecule has 0 saturated heterocycles. The van der Waals surface area contributed by atoms with E-state index in [9.17, 15) is 9.90 Å². The summed E-state index contributed by atoms with van der Waals surface area (Å²) in [6.07, 6.45) is 1.94. The van der Waals surface area contributed by atoms with Crippen molar-refractivity contribution in [2.75, 3.05) is 0 Å². The van der Waals surface area contributed by atoms with Crippen molar-refractivity contribution in [1.29, 1.82) is 0 Å². The minimum atomic E-state index is -0.258. The summed E-state index contributed by atoms with van der Waals surface area (Å²) in [6, 6.07) is 11.3. The fourth-order valence-corrected chi connectivity index (χ4v) is 3.42. The molecule has 132 valence electrons. The topological polar surface area (TPSA) is 104 Å². The van der Waals surface area contributed by atoms with E-state index in [2.05, 4.69) is 19.9 Å². The molecule has 0 aliphatic carbocycles. The van der Waals surface area contributed by atoms with Crippen LogP contribution in [0.5, 0.6) is 11.6 Å². The van der Waals surface area contributed by atoms with Gasteiger partial charge in [0.2, 0.25) is 5.88 Å². The van der Waals surface area contributed by atoms with Crippen molar-refractivity contribution < 1.29 is 9.84 Å². The lowest BCUT2D eigenvalue weighted by atomic mass is 10.1. The Kier molecular flexibility index (Phi) is 4.18. The maximum Gasteiger partial charge on any atom is 0.307 e. The van der Waals surface area contributed by atoms with Crippen LogP contribution in [0.3, 0.4) is 0 Å². The second kappa shape index (κ2) is 6.64. The number of nitrogens with zero attached hydrogens (tertiary/aromatic N) is 2. The smallest absolute Gasteiger partial charge is 0.307 e. The van der Waals surface area contributed by atoms with Gasteiger partial charge < -0.3 is 14.8 Å². The summed E-state index contributed by atoms with van der Waals surface area (Å²) in [6.45, 7) is 1.92. The lowest BCUT2D eigenvalue weighted by Gasteiger charge is -2.12. The van der Waals surface area contributed by atoms with Gasteiger partial charge in [-0.1, -0.05) is 23.5 Å². The number of imidazole rings is 1. The Hall–Kier alpha value is -3.13. The fourth-order valence-electron chi connectivity index (χ4n) is 2.66. The highest BCUT2D eigenvalue weighted by molar-refractivity contribution is 7.09. The van der Waals surface area contributed by atoms with Gasteiger partial charge in [-0.15, -0.1) is 0 Å². The second-order valence-electron chi connectivity index (χ2n) is 5.86. The third kappa shape index (κ3) is 3.31. The van der Waals surface area contributed by atoms with Gasteiger partial charge in [0, 0.05) is 12.6 Å². The summed E-state index contributed by atoms with van der Waals surface area (Å²) in [5.41, 5.74) is 2.51. The Labute approximate surface area is 152 Å². The molecule has 1 aromatic carbocycles. The predicted molar refractivity (Wildman–Crippen MR) is 98.8 cm³/mol. The molecular weight excluding hydrogens is 352 g/mol. The number of hydrogen-bond acceptors (Lipinski definition) is 6. The summed E-state index contributed by atoms with van der Waals surface area (Å²) >= 11 is 1.01. The van der Waals surface area contributed by atoms with Gasteiger partial charge in [0.15, 0.2) is 11.8 Å². The number of fused-ring (bicyclic) bond motifs is 1. The molecule has 1 atom stereocenters. The van der Waals surface area contributed by atoms with Gasteiger partial charge in [-0.05, 0) is 36.8 Å². The van der Waals surface area contributed by atoms with Crippen LogP contribution in [0.4, 0.5) is 0 Å². The van der Waals surface area contributed by atoms with Gasteiger partial charge in [-0.25, -0.2) is 9.97 Å². The average molecular weight is 368 g/mol. The standard InChI is InChI=1S/C18H16N4O3S/c1-10(15-20-13-3-2-8-19-16(13)21-15)25-12-6-4-11(5-7-12)9-14-17(23)22-18(24)26-14/h2-8,10,23H,9H2,1H3,(H,22,24)(H,19,20,21). The van der Waals surface area contributed by atoms with E-state index in [1.807, 2.05) is 43.3 Å². The molecule has 0 aliphatic rings. The molecule has 3 aromatic heterocycles. The first-order valence-corrected chi connectivity index (χ1v) is 8.87. The minimum Gasteiger partial charge on any atom is -0.494 e. The molecule has 0 aliphatic heterocycles. The summed E-state index contributed by atoms with van der Waals surface area (Å²) in [5.74, 6) is 1.36. The molecule has 3 N–H and O–H groups in total. The molecule has 3 heterocycles. The van der Waals surface area contributed by atoms with Crippen LogP contribution in [0.25, 0.3) is 11.2 Å². The van der Waals surface area contributed by atoms with E-state index in [0.717, 1.165) is 22.4 Å². The Balaban J connectivity index is 1.46. The van der Waals surface area contributed by atoms with Crippen molar-refractivity contribution in [3.05, 3.63) is 68.5 Å². The quantitative estimate of drug-likeness (QED) is 0.502. The van der Waals surface area contributed by atoms with E-state index in [-0.39, 0.29) is 16.9 Å².